The Morgan fingerprint density at radius 2 is 1.85 bits per heavy atom. The molecule has 0 aliphatic rings. The van der Waals surface area contributed by atoms with E-state index in [1.807, 2.05) is 13.0 Å². The number of nitrogens with one attached hydrogen (secondary N) is 2. The van der Waals surface area contributed by atoms with E-state index < -0.39 is 0 Å². The lowest BCUT2D eigenvalue weighted by Crippen LogP contribution is -2.08. The molecule has 0 spiro atoms. The molecule has 0 atom stereocenters. The van der Waals surface area contributed by atoms with E-state index in [4.69, 9.17) is 0 Å². The first-order valence-corrected chi connectivity index (χ1v) is 7.86. The Morgan fingerprint density at radius 1 is 1.10 bits per heavy atom. The lowest BCUT2D eigenvalue weighted by Gasteiger charge is -2.09. The maximum atomic E-state index is 4.54. The summed E-state index contributed by atoms with van der Waals surface area (Å²) in [6.07, 6.45) is 1.93. The highest BCUT2D eigenvalue weighted by Crippen LogP contribution is 2.14. The highest BCUT2D eigenvalue weighted by atomic mass is 32.1. The van der Waals surface area contributed by atoms with E-state index in [9.17, 15) is 0 Å². The summed E-state index contributed by atoms with van der Waals surface area (Å²) in [4.78, 5) is 13.5. The number of rotatable bonds is 7. The Morgan fingerprint density at radius 3 is 2.45 bits per heavy atom. The van der Waals surface area contributed by atoms with Gasteiger partial charge in [-0.2, -0.15) is 0 Å². The quantitative estimate of drug-likeness (QED) is 0.820. The normalized spacial score (nSPS) is 10.6. The molecule has 0 amide bonds. The van der Waals surface area contributed by atoms with Crippen molar-refractivity contribution < 1.29 is 0 Å². The van der Waals surface area contributed by atoms with Crippen molar-refractivity contribution in [2.75, 3.05) is 17.2 Å². The van der Waals surface area contributed by atoms with Crippen molar-refractivity contribution in [3.63, 3.8) is 0 Å². The molecule has 2 aromatic heterocycles. The SMILES string of the molecule is CCCc1nc(NCC)cc(NCc2csc(C)n2)n1. The molecule has 0 saturated carbocycles. The van der Waals surface area contributed by atoms with Gasteiger partial charge in [-0.3, -0.25) is 0 Å². The van der Waals surface area contributed by atoms with Gasteiger partial charge in [-0.05, 0) is 20.3 Å². The van der Waals surface area contributed by atoms with Crippen molar-refractivity contribution in [3.05, 3.63) is 28.0 Å². The van der Waals surface area contributed by atoms with E-state index in [0.717, 1.165) is 47.5 Å². The molecular formula is C14H21N5S. The fourth-order valence-corrected chi connectivity index (χ4v) is 2.48. The van der Waals surface area contributed by atoms with Crippen LogP contribution in [0.25, 0.3) is 0 Å². The van der Waals surface area contributed by atoms with Crippen molar-refractivity contribution in [1.29, 1.82) is 0 Å². The molecular weight excluding hydrogens is 270 g/mol. The van der Waals surface area contributed by atoms with Crippen LogP contribution in [0.4, 0.5) is 11.6 Å². The van der Waals surface area contributed by atoms with Crippen LogP contribution in [-0.4, -0.2) is 21.5 Å². The third kappa shape index (κ3) is 4.16. The molecule has 0 bridgehead atoms. The third-order valence-electron chi connectivity index (χ3n) is 2.72. The van der Waals surface area contributed by atoms with Gasteiger partial charge in [-0.25, -0.2) is 15.0 Å². The van der Waals surface area contributed by atoms with Crippen LogP contribution in [0.1, 0.15) is 36.8 Å². The van der Waals surface area contributed by atoms with Crippen LogP contribution in [0.15, 0.2) is 11.4 Å². The second kappa shape index (κ2) is 7.19. The fourth-order valence-electron chi connectivity index (χ4n) is 1.87. The zero-order valence-electron chi connectivity index (χ0n) is 12.2. The van der Waals surface area contributed by atoms with Gasteiger partial charge in [0.15, 0.2) is 0 Å². The van der Waals surface area contributed by atoms with Gasteiger partial charge in [-0.15, -0.1) is 11.3 Å². The molecule has 108 valence electrons. The summed E-state index contributed by atoms with van der Waals surface area (Å²) in [5, 5.41) is 9.73. The minimum atomic E-state index is 0.693. The number of anilines is 2. The van der Waals surface area contributed by atoms with E-state index >= 15 is 0 Å². The van der Waals surface area contributed by atoms with Crippen LogP contribution in [0.5, 0.6) is 0 Å². The lowest BCUT2D eigenvalue weighted by atomic mass is 10.3. The molecule has 2 aromatic rings. The van der Waals surface area contributed by atoms with Crippen LogP contribution in [0, 0.1) is 6.92 Å². The molecule has 2 heterocycles. The Bertz CT molecular complexity index is 528. The van der Waals surface area contributed by atoms with E-state index in [1.165, 1.54) is 0 Å². The summed E-state index contributed by atoms with van der Waals surface area (Å²) in [5.74, 6) is 2.61. The van der Waals surface area contributed by atoms with Crippen LogP contribution >= 0.6 is 11.3 Å². The van der Waals surface area contributed by atoms with Crippen LogP contribution < -0.4 is 10.6 Å². The molecule has 6 heteroatoms. The monoisotopic (exact) mass is 291 g/mol. The summed E-state index contributed by atoms with van der Waals surface area (Å²) in [5.41, 5.74) is 1.05. The van der Waals surface area contributed by atoms with E-state index in [2.05, 4.69) is 44.8 Å². The van der Waals surface area contributed by atoms with Crippen molar-refractivity contribution in [2.45, 2.75) is 40.2 Å². The second-order valence-corrected chi connectivity index (χ2v) is 5.61. The second-order valence-electron chi connectivity index (χ2n) is 4.55. The summed E-state index contributed by atoms with van der Waals surface area (Å²) in [7, 11) is 0. The first-order chi connectivity index (χ1) is 9.71. The predicted molar refractivity (Wildman–Crippen MR) is 84.4 cm³/mol. The minimum Gasteiger partial charge on any atom is -0.370 e. The fraction of sp³-hybridized carbons (Fsp3) is 0.500. The zero-order valence-corrected chi connectivity index (χ0v) is 13.0. The molecule has 0 aliphatic carbocycles. The standard InChI is InChI=1S/C14H21N5S/c1-4-6-12-18-13(15-5-2)7-14(19-12)16-8-11-9-20-10(3)17-11/h7,9H,4-6,8H2,1-3H3,(H2,15,16,18,19). The van der Waals surface area contributed by atoms with Crippen molar-refractivity contribution in [3.8, 4) is 0 Å². The van der Waals surface area contributed by atoms with Gasteiger partial charge in [0.25, 0.3) is 0 Å². The van der Waals surface area contributed by atoms with Crippen LogP contribution in [-0.2, 0) is 13.0 Å². The van der Waals surface area contributed by atoms with Gasteiger partial charge >= 0.3 is 0 Å². The van der Waals surface area contributed by atoms with Crippen LogP contribution in [0.3, 0.4) is 0 Å². The van der Waals surface area contributed by atoms with Crippen molar-refractivity contribution in [2.24, 2.45) is 0 Å². The van der Waals surface area contributed by atoms with E-state index in [1.54, 1.807) is 11.3 Å². The molecule has 0 fully saturated rings. The zero-order chi connectivity index (χ0) is 14.4. The largest absolute Gasteiger partial charge is 0.370 e. The highest BCUT2D eigenvalue weighted by molar-refractivity contribution is 7.09. The molecule has 5 nitrogen and oxygen atoms in total. The van der Waals surface area contributed by atoms with Crippen molar-refractivity contribution >= 4 is 23.0 Å². The molecule has 0 unspecified atom stereocenters. The number of aryl methyl sites for hydroxylation is 2. The minimum absolute atomic E-state index is 0.693. The average molecular weight is 291 g/mol. The van der Waals surface area contributed by atoms with E-state index in [-0.39, 0.29) is 0 Å². The number of thiazole rings is 1. The van der Waals surface area contributed by atoms with Gasteiger partial charge in [0.05, 0.1) is 17.2 Å². The Kier molecular flexibility index (Phi) is 5.29. The van der Waals surface area contributed by atoms with E-state index in [0.29, 0.717) is 6.54 Å². The smallest absolute Gasteiger partial charge is 0.133 e. The van der Waals surface area contributed by atoms with Gasteiger partial charge < -0.3 is 10.6 Å². The summed E-state index contributed by atoms with van der Waals surface area (Å²) in [6.45, 7) is 7.76. The highest BCUT2D eigenvalue weighted by Gasteiger charge is 2.05. The molecule has 0 aromatic carbocycles. The third-order valence-corrected chi connectivity index (χ3v) is 3.54. The lowest BCUT2D eigenvalue weighted by molar-refractivity contribution is 0.833. The average Bonchev–Trinajstić information content (AvgIpc) is 2.83. The van der Waals surface area contributed by atoms with Gasteiger partial charge in [0.1, 0.15) is 17.5 Å². The van der Waals surface area contributed by atoms with Gasteiger partial charge in [0, 0.05) is 24.4 Å². The topological polar surface area (TPSA) is 62.7 Å². The summed E-state index contributed by atoms with van der Waals surface area (Å²) in [6, 6.07) is 1.95. The molecule has 0 saturated heterocycles. The summed E-state index contributed by atoms with van der Waals surface area (Å²) < 4.78 is 0. The number of nitrogens with zero attached hydrogens (tertiary/aromatic N) is 3. The van der Waals surface area contributed by atoms with Gasteiger partial charge in [-0.1, -0.05) is 6.92 Å². The Balaban J connectivity index is 2.08. The maximum Gasteiger partial charge on any atom is 0.133 e. The molecule has 0 radical (unpaired) electrons. The summed E-state index contributed by atoms with van der Waals surface area (Å²) >= 11 is 1.67. The molecule has 20 heavy (non-hydrogen) atoms. The molecule has 2 rings (SSSR count). The number of hydrogen-bond acceptors (Lipinski definition) is 6. The Labute approximate surface area is 123 Å². The predicted octanol–water partition coefficient (Wildman–Crippen LogP) is 3.24. The van der Waals surface area contributed by atoms with Crippen LogP contribution in [0.2, 0.25) is 0 Å². The first-order valence-electron chi connectivity index (χ1n) is 6.98. The molecule has 2 N–H and O–H groups in total. The van der Waals surface area contributed by atoms with Crippen molar-refractivity contribution in [1.82, 2.24) is 15.0 Å². The number of hydrogen-bond donors (Lipinski definition) is 2. The van der Waals surface area contributed by atoms with Gasteiger partial charge in [0.2, 0.25) is 0 Å². The molecule has 0 aliphatic heterocycles. The Hall–Kier alpha value is -1.69. The maximum absolute atomic E-state index is 4.54. The first kappa shape index (κ1) is 14.7. The number of aromatic nitrogens is 3.